The topological polar surface area (TPSA) is 30.5 Å². The summed E-state index contributed by atoms with van der Waals surface area (Å²) in [7, 11) is 0. The quantitative estimate of drug-likeness (QED) is 0.657. The standard InChI is InChI=1S/C18H29NO2/c1-3-10-19-13-16-8-9-17(20-11-4-2)12-18(16)21-14-15-6-5-7-15/h8-9,12,15,19H,3-7,10-11,13-14H2,1-2H3. The van der Waals surface area contributed by atoms with Crippen LogP contribution >= 0.6 is 0 Å². The molecule has 1 aromatic rings. The van der Waals surface area contributed by atoms with Crippen LogP contribution in [0.1, 0.15) is 51.5 Å². The van der Waals surface area contributed by atoms with E-state index in [1.807, 2.05) is 0 Å². The maximum absolute atomic E-state index is 6.07. The summed E-state index contributed by atoms with van der Waals surface area (Å²) in [6.45, 7) is 7.81. The molecule has 0 heterocycles. The first-order chi connectivity index (χ1) is 10.3. The normalized spacial score (nSPS) is 14.8. The van der Waals surface area contributed by atoms with Gasteiger partial charge in [-0.25, -0.2) is 0 Å². The minimum absolute atomic E-state index is 0.752. The minimum Gasteiger partial charge on any atom is -0.493 e. The highest BCUT2D eigenvalue weighted by atomic mass is 16.5. The van der Waals surface area contributed by atoms with Crippen LogP contribution in [0, 0.1) is 5.92 Å². The number of ether oxygens (including phenoxy) is 2. The lowest BCUT2D eigenvalue weighted by molar-refractivity contribution is 0.178. The molecule has 2 rings (SSSR count). The SMILES string of the molecule is CCCNCc1ccc(OCCC)cc1OCC1CCC1. The molecule has 0 radical (unpaired) electrons. The number of hydrogen-bond donors (Lipinski definition) is 1. The Morgan fingerprint density at radius 3 is 2.67 bits per heavy atom. The van der Waals surface area contributed by atoms with Gasteiger partial charge in [0.15, 0.2) is 0 Å². The maximum Gasteiger partial charge on any atom is 0.127 e. The van der Waals surface area contributed by atoms with Gasteiger partial charge in [-0.3, -0.25) is 0 Å². The average Bonchev–Trinajstić information content (AvgIpc) is 2.45. The lowest BCUT2D eigenvalue weighted by Crippen LogP contribution is -2.20. The Bertz CT molecular complexity index is 416. The van der Waals surface area contributed by atoms with Gasteiger partial charge >= 0.3 is 0 Å². The lowest BCUT2D eigenvalue weighted by Gasteiger charge is -2.26. The van der Waals surface area contributed by atoms with E-state index in [9.17, 15) is 0 Å². The molecular weight excluding hydrogens is 262 g/mol. The largest absolute Gasteiger partial charge is 0.493 e. The van der Waals surface area contributed by atoms with E-state index in [0.717, 1.165) is 56.6 Å². The van der Waals surface area contributed by atoms with Crippen LogP contribution in [0.5, 0.6) is 11.5 Å². The predicted octanol–water partition coefficient (Wildman–Crippen LogP) is 4.15. The van der Waals surface area contributed by atoms with E-state index in [4.69, 9.17) is 9.47 Å². The number of hydrogen-bond acceptors (Lipinski definition) is 3. The molecule has 118 valence electrons. The van der Waals surface area contributed by atoms with Crippen LogP contribution < -0.4 is 14.8 Å². The molecule has 0 saturated heterocycles. The van der Waals surface area contributed by atoms with Gasteiger partial charge in [0.1, 0.15) is 11.5 Å². The summed E-state index contributed by atoms with van der Waals surface area (Å²) < 4.78 is 11.8. The molecule has 1 aliphatic carbocycles. The molecule has 1 aliphatic rings. The Labute approximate surface area is 129 Å². The molecule has 0 bridgehead atoms. The van der Waals surface area contributed by atoms with E-state index in [-0.39, 0.29) is 0 Å². The molecular formula is C18H29NO2. The fraction of sp³-hybridized carbons (Fsp3) is 0.667. The van der Waals surface area contributed by atoms with Crippen molar-refractivity contribution in [1.82, 2.24) is 5.32 Å². The molecule has 3 heteroatoms. The van der Waals surface area contributed by atoms with Gasteiger partial charge in [-0.2, -0.15) is 0 Å². The van der Waals surface area contributed by atoms with E-state index >= 15 is 0 Å². The van der Waals surface area contributed by atoms with Crippen LogP contribution in [0.2, 0.25) is 0 Å². The van der Waals surface area contributed by atoms with Crippen molar-refractivity contribution in [2.75, 3.05) is 19.8 Å². The zero-order valence-electron chi connectivity index (χ0n) is 13.5. The number of benzene rings is 1. The Morgan fingerprint density at radius 2 is 2.00 bits per heavy atom. The molecule has 1 N–H and O–H groups in total. The summed E-state index contributed by atoms with van der Waals surface area (Å²) in [5.74, 6) is 2.65. The molecule has 3 nitrogen and oxygen atoms in total. The van der Waals surface area contributed by atoms with Crippen molar-refractivity contribution >= 4 is 0 Å². The summed E-state index contributed by atoms with van der Waals surface area (Å²) in [6.07, 6.45) is 6.16. The van der Waals surface area contributed by atoms with Crippen molar-refractivity contribution < 1.29 is 9.47 Å². The van der Waals surface area contributed by atoms with E-state index in [2.05, 4.69) is 37.4 Å². The molecule has 0 aromatic heterocycles. The van der Waals surface area contributed by atoms with Crippen LogP contribution in [0.25, 0.3) is 0 Å². The van der Waals surface area contributed by atoms with E-state index < -0.39 is 0 Å². The van der Waals surface area contributed by atoms with Crippen molar-refractivity contribution in [3.63, 3.8) is 0 Å². The average molecular weight is 291 g/mol. The summed E-state index contributed by atoms with van der Waals surface area (Å²) in [6, 6.07) is 6.23. The van der Waals surface area contributed by atoms with E-state index in [1.165, 1.54) is 24.8 Å². The Balaban J connectivity index is 1.97. The van der Waals surface area contributed by atoms with Crippen LogP contribution in [0.3, 0.4) is 0 Å². The van der Waals surface area contributed by atoms with Crippen molar-refractivity contribution in [3.8, 4) is 11.5 Å². The zero-order chi connectivity index (χ0) is 14.9. The molecule has 0 amide bonds. The van der Waals surface area contributed by atoms with Gasteiger partial charge in [-0.15, -0.1) is 0 Å². The Hall–Kier alpha value is -1.22. The highest BCUT2D eigenvalue weighted by molar-refractivity contribution is 5.40. The fourth-order valence-electron chi connectivity index (χ4n) is 2.39. The van der Waals surface area contributed by atoms with E-state index in [1.54, 1.807) is 0 Å². The molecule has 1 aromatic carbocycles. The van der Waals surface area contributed by atoms with Crippen molar-refractivity contribution in [1.29, 1.82) is 0 Å². The predicted molar refractivity (Wildman–Crippen MR) is 87.1 cm³/mol. The number of rotatable bonds is 10. The monoisotopic (exact) mass is 291 g/mol. The summed E-state index contributed by atoms with van der Waals surface area (Å²) >= 11 is 0. The van der Waals surface area contributed by atoms with E-state index in [0.29, 0.717) is 0 Å². The Kier molecular flexibility index (Phi) is 6.87. The molecule has 0 unspecified atom stereocenters. The second-order valence-electron chi connectivity index (χ2n) is 5.90. The fourth-order valence-corrected chi connectivity index (χ4v) is 2.39. The zero-order valence-corrected chi connectivity index (χ0v) is 13.5. The highest BCUT2D eigenvalue weighted by Crippen LogP contribution is 2.30. The van der Waals surface area contributed by atoms with Gasteiger partial charge in [-0.1, -0.05) is 26.3 Å². The lowest BCUT2D eigenvalue weighted by atomic mass is 9.86. The van der Waals surface area contributed by atoms with Gasteiger partial charge in [0, 0.05) is 18.2 Å². The third-order valence-electron chi connectivity index (χ3n) is 3.95. The third kappa shape index (κ3) is 5.24. The first-order valence-corrected chi connectivity index (χ1v) is 8.42. The molecule has 0 spiro atoms. The smallest absolute Gasteiger partial charge is 0.127 e. The minimum atomic E-state index is 0.752. The van der Waals surface area contributed by atoms with Crippen molar-refractivity contribution in [3.05, 3.63) is 23.8 Å². The van der Waals surface area contributed by atoms with Crippen LogP contribution in [0.4, 0.5) is 0 Å². The molecule has 0 atom stereocenters. The van der Waals surface area contributed by atoms with Gasteiger partial charge < -0.3 is 14.8 Å². The highest BCUT2D eigenvalue weighted by Gasteiger charge is 2.18. The van der Waals surface area contributed by atoms with Gasteiger partial charge in [0.05, 0.1) is 13.2 Å². The second-order valence-corrected chi connectivity index (χ2v) is 5.90. The number of nitrogens with one attached hydrogen (secondary N) is 1. The summed E-state index contributed by atoms with van der Waals surface area (Å²) in [5.41, 5.74) is 1.23. The first-order valence-electron chi connectivity index (χ1n) is 8.42. The summed E-state index contributed by atoms with van der Waals surface area (Å²) in [4.78, 5) is 0. The first kappa shape index (κ1) is 16.2. The second kappa shape index (κ2) is 8.93. The maximum atomic E-state index is 6.07. The van der Waals surface area contributed by atoms with Crippen molar-refractivity contribution in [2.45, 2.75) is 52.5 Å². The van der Waals surface area contributed by atoms with Crippen LogP contribution in [-0.4, -0.2) is 19.8 Å². The molecule has 0 aliphatic heterocycles. The van der Waals surface area contributed by atoms with Gasteiger partial charge in [0.25, 0.3) is 0 Å². The van der Waals surface area contributed by atoms with Gasteiger partial charge in [-0.05, 0) is 44.2 Å². The Morgan fingerprint density at radius 1 is 1.14 bits per heavy atom. The molecule has 1 saturated carbocycles. The van der Waals surface area contributed by atoms with Crippen LogP contribution in [-0.2, 0) is 6.54 Å². The van der Waals surface area contributed by atoms with Crippen molar-refractivity contribution in [2.24, 2.45) is 5.92 Å². The molecule has 21 heavy (non-hydrogen) atoms. The third-order valence-corrected chi connectivity index (χ3v) is 3.95. The van der Waals surface area contributed by atoms with Gasteiger partial charge in [0.2, 0.25) is 0 Å². The van der Waals surface area contributed by atoms with Crippen LogP contribution in [0.15, 0.2) is 18.2 Å². The molecule has 1 fully saturated rings. The summed E-state index contributed by atoms with van der Waals surface area (Å²) in [5, 5.41) is 3.45.